The van der Waals surface area contributed by atoms with Gasteiger partial charge in [0.2, 0.25) is 17.6 Å². The van der Waals surface area contributed by atoms with Crippen molar-refractivity contribution in [2.24, 2.45) is 5.92 Å². The third-order valence-corrected chi connectivity index (χ3v) is 6.81. The van der Waals surface area contributed by atoms with Gasteiger partial charge in [-0.25, -0.2) is 0 Å². The molecule has 2 heterocycles. The van der Waals surface area contributed by atoms with Crippen LogP contribution in [-0.4, -0.2) is 39.9 Å². The van der Waals surface area contributed by atoms with E-state index in [9.17, 15) is 9.59 Å². The van der Waals surface area contributed by atoms with Gasteiger partial charge in [0, 0.05) is 12.1 Å². The molecule has 0 spiro atoms. The number of rotatable bonds is 8. The number of likely N-dealkylation sites (tertiary alicyclic amines) is 1. The highest BCUT2D eigenvalue weighted by molar-refractivity contribution is 6.04. The van der Waals surface area contributed by atoms with Gasteiger partial charge in [-0.3, -0.25) is 14.5 Å². The zero-order chi connectivity index (χ0) is 26.3. The third kappa shape index (κ3) is 6.15. The van der Waals surface area contributed by atoms with Crippen LogP contribution in [0.5, 0.6) is 0 Å². The fourth-order valence-corrected chi connectivity index (χ4v) is 4.75. The number of nitrogens with zero attached hydrogens (tertiary/aromatic N) is 3. The van der Waals surface area contributed by atoms with Gasteiger partial charge in [0.15, 0.2) is 0 Å². The molecular weight excluding hydrogens is 478 g/mol. The first-order chi connectivity index (χ1) is 18.6. The quantitative estimate of drug-likeness (QED) is 0.344. The van der Waals surface area contributed by atoms with Crippen LogP contribution in [0.15, 0.2) is 89.5 Å². The molecular formula is C30H31N5O3. The standard InChI is InChI=1S/C30H31N5O3/c1-21(22-11-4-2-5-12-22)31-30(37)25-16-8-9-17-26(25)32-29(36)24-15-10-18-35(19-24)20-27-33-28(34-38-27)23-13-6-3-7-14-23/h2-9,11-14,16-17,21,24H,10,15,18-20H2,1H3,(H,31,37)(H,32,36). The summed E-state index contributed by atoms with van der Waals surface area (Å²) >= 11 is 0. The summed E-state index contributed by atoms with van der Waals surface area (Å²) in [6.07, 6.45) is 1.66. The Labute approximate surface area is 222 Å². The monoisotopic (exact) mass is 509 g/mol. The van der Waals surface area contributed by atoms with Gasteiger partial charge in [0.25, 0.3) is 5.91 Å². The molecule has 8 heteroatoms. The molecule has 0 aliphatic carbocycles. The highest BCUT2D eigenvalue weighted by atomic mass is 16.5. The fourth-order valence-electron chi connectivity index (χ4n) is 4.75. The second-order valence-electron chi connectivity index (χ2n) is 9.59. The van der Waals surface area contributed by atoms with Crippen LogP contribution < -0.4 is 10.6 Å². The maximum Gasteiger partial charge on any atom is 0.253 e. The summed E-state index contributed by atoms with van der Waals surface area (Å²) in [5, 5.41) is 10.1. The Morgan fingerprint density at radius 1 is 1.00 bits per heavy atom. The van der Waals surface area contributed by atoms with E-state index in [2.05, 4.69) is 25.7 Å². The Bertz CT molecular complexity index is 1370. The zero-order valence-electron chi connectivity index (χ0n) is 21.3. The van der Waals surface area contributed by atoms with Crippen LogP contribution in [0.2, 0.25) is 0 Å². The SMILES string of the molecule is CC(NC(=O)c1ccccc1NC(=O)C1CCCN(Cc2nc(-c3ccccc3)no2)C1)c1ccccc1. The molecule has 0 bridgehead atoms. The number of para-hydroxylation sites is 1. The zero-order valence-corrected chi connectivity index (χ0v) is 21.3. The highest BCUT2D eigenvalue weighted by Gasteiger charge is 2.28. The average Bonchev–Trinajstić information content (AvgIpc) is 3.43. The van der Waals surface area contributed by atoms with Crippen molar-refractivity contribution in [3.05, 3.63) is 102 Å². The molecule has 4 aromatic rings. The molecule has 1 aliphatic heterocycles. The smallest absolute Gasteiger partial charge is 0.253 e. The van der Waals surface area contributed by atoms with Crippen LogP contribution in [0.4, 0.5) is 5.69 Å². The highest BCUT2D eigenvalue weighted by Crippen LogP contribution is 2.23. The van der Waals surface area contributed by atoms with E-state index in [0.29, 0.717) is 36.1 Å². The lowest BCUT2D eigenvalue weighted by Crippen LogP contribution is -2.40. The molecule has 1 aromatic heterocycles. The van der Waals surface area contributed by atoms with E-state index < -0.39 is 0 Å². The van der Waals surface area contributed by atoms with Crippen LogP contribution >= 0.6 is 0 Å². The number of hydrogen-bond acceptors (Lipinski definition) is 6. The summed E-state index contributed by atoms with van der Waals surface area (Å²) in [5.41, 5.74) is 2.87. The minimum atomic E-state index is -0.229. The number of benzene rings is 3. The fraction of sp³-hybridized carbons (Fsp3) is 0.267. The molecule has 8 nitrogen and oxygen atoms in total. The van der Waals surface area contributed by atoms with Crippen LogP contribution in [0.25, 0.3) is 11.4 Å². The van der Waals surface area contributed by atoms with Crippen LogP contribution in [0.3, 0.4) is 0 Å². The molecule has 5 rings (SSSR count). The second-order valence-corrected chi connectivity index (χ2v) is 9.59. The maximum absolute atomic E-state index is 13.3. The lowest BCUT2D eigenvalue weighted by molar-refractivity contribution is -0.121. The van der Waals surface area contributed by atoms with E-state index in [1.165, 1.54) is 0 Å². The Kier molecular flexibility index (Phi) is 7.89. The number of aromatic nitrogens is 2. The summed E-state index contributed by atoms with van der Waals surface area (Å²) in [6, 6.07) is 26.4. The lowest BCUT2D eigenvalue weighted by atomic mass is 9.96. The van der Waals surface area contributed by atoms with Gasteiger partial charge < -0.3 is 15.2 Å². The number of piperidine rings is 1. The number of carbonyl (C=O) groups excluding carboxylic acids is 2. The van der Waals surface area contributed by atoms with Crippen molar-refractivity contribution < 1.29 is 14.1 Å². The van der Waals surface area contributed by atoms with Gasteiger partial charge in [-0.05, 0) is 44.0 Å². The van der Waals surface area contributed by atoms with Crippen molar-refractivity contribution in [3.63, 3.8) is 0 Å². The van der Waals surface area contributed by atoms with Crippen LogP contribution in [0, 0.1) is 5.92 Å². The molecule has 1 aliphatic rings. The summed E-state index contributed by atoms with van der Waals surface area (Å²) < 4.78 is 5.47. The Balaban J connectivity index is 1.20. The summed E-state index contributed by atoms with van der Waals surface area (Å²) in [6.45, 7) is 3.86. The Morgan fingerprint density at radius 3 is 2.50 bits per heavy atom. The first-order valence-electron chi connectivity index (χ1n) is 12.9. The van der Waals surface area contributed by atoms with Gasteiger partial charge in [-0.2, -0.15) is 4.98 Å². The van der Waals surface area contributed by atoms with Gasteiger partial charge >= 0.3 is 0 Å². The minimum absolute atomic E-state index is 0.0958. The van der Waals surface area contributed by atoms with Crippen molar-refractivity contribution in [2.75, 3.05) is 18.4 Å². The molecule has 3 aromatic carbocycles. The van der Waals surface area contributed by atoms with Crippen molar-refractivity contribution >= 4 is 17.5 Å². The molecule has 38 heavy (non-hydrogen) atoms. The molecule has 1 fully saturated rings. The van der Waals surface area contributed by atoms with Crippen molar-refractivity contribution in [1.82, 2.24) is 20.4 Å². The Morgan fingerprint density at radius 2 is 1.71 bits per heavy atom. The van der Waals surface area contributed by atoms with Crippen LogP contribution in [-0.2, 0) is 11.3 Å². The predicted molar refractivity (Wildman–Crippen MR) is 145 cm³/mol. The normalized spacial score (nSPS) is 16.5. The van der Waals surface area contributed by atoms with E-state index in [4.69, 9.17) is 4.52 Å². The molecule has 0 radical (unpaired) electrons. The number of anilines is 1. The summed E-state index contributed by atoms with van der Waals surface area (Å²) in [7, 11) is 0. The second kappa shape index (κ2) is 11.8. The van der Waals surface area contributed by atoms with Gasteiger partial charge in [0.05, 0.1) is 29.8 Å². The first-order valence-corrected chi connectivity index (χ1v) is 12.9. The van der Waals surface area contributed by atoms with E-state index in [0.717, 1.165) is 30.5 Å². The molecule has 194 valence electrons. The molecule has 2 amide bonds. The molecule has 2 atom stereocenters. The first kappa shape index (κ1) is 25.4. The van der Waals surface area contributed by atoms with Gasteiger partial charge in [-0.15, -0.1) is 0 Å². The van der Waals surface area contributed by atoms with E-state index >= 15 is 0 Å². The average molecular weight is 510 g/mol. The number of amides is 2. The number of carbonyl (C=O) groups is 2. The van der Waals surface area contributed by atoms with E-state index in [1.807, 2.05) is 73.7 Å². The Hall–Kier alpha value is -4.30. The third-order valence-electron chi connectivity index (χ3n) is 6.81. The van der Waals surface area contributed by atoms with Gasteiger partial charge in [0.1, 0.15) is 0 Å². The number of nitrogens with one attached hydrogen (secondary N) is 2. The molecule has 0 saturated carbocycles. The molecule has 2 unspecified atom stereocenters. The van der Waals surface area contributed by atoms with Crippen molar-refractivity contribution in [1.29, 1.82) is 0 Å². The van der Waals surface area contributed by atoms with Gasteiger partial charge in [-0.1, -0.05) is 78.0 Å². The number of hydrogen-bond donors (Lipinski definition) is 2. The van der Waals surface area contributed by atoms with Crippen molar-refractivity contribution in [3.8, 4) is 11.4 Å². The largest absolute Gasteiger partial charge is 0.345 e. The molecule has 1 saturated heterocycles. The topological polar surface area (TPSA) is 100 Å². The lowest BCUT2D eigenvalue weighted by Gasteiger charge is -2.31. The summed E-state index contributed by atoms with van der Waals surface area (Å²) in [4.78, 5) is 33.0. The summed E-state index contributed by atoms with van der Waals surface area (Å²) in [5.74, 6) is 0.553. The van der Waals surface area contributed by atoms with E-state index in [-0.39, 0.29) is 23.8 Å². The van der Waals surface area contributed by atoms with E-state index in [1.54, 1.807) is 18.2 Å². The van der Waals surface area contributed by atoms with Crippen molar-refractivity contribution in [2.45, 2.75) is 32.4 Å². The van der Waals surface area contributed by atoms with Crippen LogP contribution in [0.1, 0.15) is 47.6 Å². The minimum Gasteiger partial charge on any atom is -0.345 e. The molecule has 2 N–H and O–H groups in total. The predicted octanol–water partition coefficient (Wildman–Crippen LogP) is 5.08. The maximum atomic E-state index is 13.3.